The van der Waals surface area contributed by atoms with E-state index < -0.39 is 0 Å². The Morgan fingerprint density at radius 2 is 0.500 bits per heavy atom. The van der Waals surface area contributed by atoms with E-state index in [0.29, 0.717) is 39.5 Å². The van der Waals surface area contributed by atoms with E-state index in [9.17, 15) is 0 Å². The number of pyridine rings is 8. The van der Waals surface area contributed by atoms with Crippen molar-refractivity contribution in [2.45, 2.75) is 39.5 Å². The van der Waals surface area contributed by atoms with Crippen LogP contribution in [0.3, 0.4) is 0 Å². The zero-order chi connectivity index (χ0) is 49.7. The van der Waals surface area contributed by atoms with Gasteiger partial charge >= 0.3 is 0 Å². The lowest BCUT2D eigenvalue weighted by atomic mass is 10.2. The van der Waals surface area contributed by atoms with Crippen LogP contribution < -0.4 is 67.9 Å². The molecule has 0 aliphatic carbocycles. The average molecular weight is 1110 g/mol. The SMILES string of the molecule is [Cl-].[Cl-].[Cl-].[Cl-].c1ccc(-c2cccc(Cn3cc[n+](C[n+]4ccn(Cc5cccc(-c6ccccn6)n5)c4)c3)n2)nc1.c1ccc(-c2cccc(Cn3cc[n+](C[n+]4ccn(Cc5cccc(-c6ccccn6)n5)c4)c3)n2)nc1. The van der Waals surface area contributed by atoms with Crippen molar-refractivity contribution in [3.8, 4) is 45.6 Å². The number of rotatable bonds is 16. The fourth-order valence-electron chi connectivity index (χ4n) is 8.49. The summed E-state index contributed by atoms with van der Waals surface area (Å²) < 4.78 is 17.1. The zero-order valence-corrected chi connectivity index (χ0v) is 45.0. The minimum absolute atomic E-state index is 0. The predicted molar refractivity (Wildman–Crippen MR) is 276 cm³/mol. The first-order valence-electron chi connectivity index (χ1n) is 24.3. The molecule has 0 amide bonds. The van der Waals surface area contributed by atoms with Crippen LogP contribution in [0.4, 0.5) is 0 Å². The zero-order valence-electron chi connectivity index (χ0n) is 42.0. The predicted octanol–water partition coefficient (Wildman–Crippen LogP) is -5.22. The summed E-state index contributed by atoms with van der Waals surface area (Å²) in [6.45, 7) is 4.19. The normalized spacial score (nSPS) is 10.5. The molecule has 0 fully saturated rings. The van der Waals surface area contributed by atoms with Crippen LogP contribution in [0.5, 0.6) is 0 Å². The molecule has 16 nitrogen and oxygen atoms in total. The van der Waals surface area contributed by atoms with Crippen LogP contribution in [0.2, 0.25) is 0 Å². The molecule has 0 radical (unpaired) electrons. The first-order valence-corrected chi connectivity index (χ1v) is 24.3. The second-order valence-electron chi connectivity index (χ2n) is 17.6. The highest BCUT2D eigenvalue weighted by atomic mass is 35.5. The molecule has 0 aliphatic rings. The molecule has 12 aromatic rings. The largest absolute Gasteiger partial charge is 1.00 e. The topological polar surface area (TPSA) is 138 Å². The number of halogens is 4. The van der Waals surface area contributed by atoms with Gasteiger partial charge in [0.2, 0.25) is 38.6 Å². The molecule has 78 heavy (non-hydrogen) atoms. The Labute approximate surface area is 476 Å². The summed E-state index contributed by atoms with van der Waals surface area (Å²) in [6.07, 6.45) is 32.1. The highest BCUT2D eigenvalue weighted by Gasteiger charge is 2.15. The first-order chi connectivity index (χ1) is 36.6. The quantitative estimate of drug-likeness (QED) is 0.0878. The summed E-state index contributed by atoms with van der Waals surface area (Å²) in [6, 6.07) is 47.8. The molecule has 0 spiro atoms. The Balaban J connectivity index is 0.000000215. The molecule has 0 N–H and O–H groups in total. The molecule has 0 aliphatic heterocycles. The molecule has 0 saturated carbocycles. The van der Waals surface area contributed by atoms with Crippen molar-refractivity contribution in [3.05, 3.63) is 268 Å². The highest BCUT2D eigenvalue weighted by Crippen LogP contribution is 2.18. The summed E-state index contributed by atoms with van der Waals surface area (Å²) in [5.74, 6) is 0. The van der Waals surface area contributed by atoms with Crippen molar-refractivity contribution < 1.29 is 67.9 Å². The van der Waals surface area contributed by atoms with Gasteiger partial charge in [-0.1, -0.05) is 48.5 Å². The average Bonchev–Trinajstić information content (AvgIpc) is 4.31. The Bertz CT molecular complexity index is 3240. The van der Waals surface area contributed by atoms with Gasteiger partial charge in [0.05, 0.1) is 68.3 Å². The van der Waals surface area contributed by atoms with Gasteiger partial charge in [-0.3, -0.25) is 19.9 Å². The van der Waals surface area contributed by atoms with E-state index in [2.05, 4.69) is 131 Å². The van der Waals surface area contributed by atoms with Crippen molar-refractivity contribution in [2.75, 3.05) is 0 Å². The van der Waals surface area contributed by atoms with Gasteiger partial charge in [0.25, 0.3) is 0 Å². The summed E-state index contributed by atoms with van der Waals surface area (Å²) in [7, 11) is 0. The molecule has 12 heterocycles. The van der Waals surface area contributed by atoms with Crippen LogP contribution in [0.15, 0.2) is 245 Å². The van der Waals surface area contributed by atoms with Gasteiger partial charge in [-0.05, 0) is 97.1 Å². The minimum atomic E-state index is 0. The van der Waals surface area contributed by atoms with Crippen LogP contribution in [0.1, 0.15) is 22.8 Å². The second kappa shape index (κ2) is 27.8. The van der Waals surface area contributed by atoms with Crippen LogP contribution in [-0.2, 0) is 39.5 Å². The molecule has 0 aromatic carbocycles. The summed E-state index contributed by atoms with van der Waals surface area (Å²) >= 11 is 0. The lowest BCUT2D eigenvalue weighted by molar-refractivity contribution is -0.912. The fraction of sp³-hybridized carbons (Fsp3) is 0.103. The van der Waals surface area contributed by atoms with E-state index in [1.807, 2.05) is 146 Å². The van der Waals surface area contributed by atoms with Gasteiger partial charge < -0.3 is 49.6 Å². The van der Waals surface area contributed by atoms with Crippen molar-refractivity contribution >= 4 is 0 Å². The number of aromatic nitrogens is 16. The van der Waals surface area contributed by atoms with E-state index in [1.165, 1.54) is 0 Å². The lowest BCUT2D eigenvalue weighted by Crippen LogP contribution is -3.00. The number of hydrogen-bond donors (Lipinski definition) is 0. The molecule has 0 unspecified atom stereocenters. The Morgan fingerprint density at radius 3 is 0.718 bits per heavy atom. The van der Waals surface area contributed by atoms with E-state index in [-0.39, 0.29) is 49.6 Å². The maximum absolute atomic E-state index is 4.79. The molecular formula is C58H52Cl4N16. The number of nitrogens with zero attached hydrogens (tertiary/aromatic N) is 16. The molecule has 12 aromatic heterocycles. The minimum Gasteiger partial charge on any atom is -1.00 e. The van der Waals surface area contributed by atoms with Gasteiger partial charge in [0.15, 0.2) is 0 Å². The monoisotopic (exact) mass is 1110 g/mol. The van der Waals surface area contributed by atoms with Crippen molar-refractivity contribution in [1.29, 1.82) is 0 Å². The third kappa shape index (κ3) is 15.2. The van der Waals surface area contributed by atoms with Crippen LogP contribution in [0, 0.1) is 0 Å². The van der Waals surface area contributed by atoms with Crippen molar-refractivity contribution in [3.63, 3.8) is 0 Å². The van der Waals surface area contributed by atoms with Crippen LogP contribution in [0.25, 0.3) is 45.6 Å². The number of imidazole rings is 4. The smallest absolute Gasteiger partial charge is 0.247 e. The van der Waals surface area contributed by atoms with Crippen molar-refractivity contribution in [1.82, 2.24) is 58.1 Å². The van der Waals surface area contributed by atoms with Gasteiger partial charge in [-0.25, -0.2) is 38.2 Å². The van der Waals surface area contributed by atoms with E-state index >= 15 is 0 Å². The molecule has 0 saturated heterocycles. The third-order valence-electron chi connectivity index (χ3n) is 12.0. The molecule has 0 bridgehead atoms. The van der Waals surface area contributed by atoms with Gasteiger partial charge in [-0.2, -0.15) is 18.3 Å². The van der Waals surface area contributed by atoms with Gasteiger partial charge in [0.1, 0.15) is 75.8 Å². The van der Waals surface area contributed by atoms with Crippen LogP contribution in [-0.4, -0.2) is 58.1 Å². The standard InChI is InChI=1S/2C29H26N8.4ClH/c2*1-3-13-30-26(9-1)28-11-5-7-24(32-28)19-34-15-17-36(21-34)23-37-18-16-35(22-37)20-25-8-6-12-29(33-25)27-10-2-4-14-31-27;;;;/h2*1-18,21-22H,19-20,23H2;4*1H/q2*+2;;;;/p-4. The summed E-state index contributed by atoms with van der Waals surface area (Å²) in [5.41, 5.74) is 11.0. The highest BCUT2D eigenvalue weighted by molar-refractivity contribution is 5.56. The number of hydrogen-bond acceptors (Lipinski definition) is 8. The van der Waals surface area contributed by atoms with E-state index in [4.69, 9.17) is 19.9 Å². The lowest BCUT2D eigenvalue weighted by Gasteiger charge is -2.02. The molecule has 12 rings (SSSR count). The van der Waals surface area contributed by atoms with E-state index in [0.717, 1.165) is 68.3 Å². The van der Waals surface area contributed by atoms with Crippen LogP contribution >= 0.6 is 0 Å². The maximum atomic E-state index is 4.79. The second-order valence-corrected chi connectivity index (χ2v) is 17.6. The molecule has 392 valence electrons. The van der Waals surface area contributed by atoms with Gasteiger partial charge in [-0.15, -0.1) is 0 Å². The first kappa shape index (κ1) is 56.9. The summed E-state index contributed by atoms with van der Waals surface area (Å²) in [4.78, 5) is 36.8. The van der Waals surface area contributed by atoms with E-state index in [1.54, 1.807) is 24.8 Å². The molecular weight excluding hydrogens is 1060 g/mol. The third-order valence-corrected chi connectivity index (χ3v) is 12.0. The Kier molecular flexibility index (Phi) is 20.3. The molecule has 20 heteroatoms. The summed E-state index contributed by atoms with van der Waals surface area (Å²) in [5, 5.41) is 0. The molecule has 0 atom stereocenters. The Hall–Kier alpha value is -8.80. The maximum Gasteiger partial charge on any atom is 0.247 e. The Morgan fingerprint density at radius 1 is 0.269 bits per heavy atom. The van der Waals surface area contributed by atoms with Gasteiger partial charge in [0, 0.05) is 24.8 Å². The van der Waals surface area contributed by atoms with Crippen molar-refractivity contribution in [2.24, 2.45) is 0 Å². The fourth-order valence-corrected chi connectivity index (χ4v) is 8.49.